The molecule has 0 aliphatic heterocycles. The number of hydrogen-bond donors (Lipinski definition) is 3. The number of anilines is 2. The van der Waals surface area contributed by atoms with Crippen LogP contribution in [0.25, 0.3) is 6.08 Å². The van der Waals surface area contributed by atoms with Gasteiger partial charge in [0.2, 0.25) is 5.91 Å². The summed E-state index contributed by atoms with van der Waals surface area (Å²) in [7, 11) is 0. The highest BCUT2D eigenvalue weighted by Crippen LogP contribution is 2.45. The highest BCUT2D eigenvalue weighted by Gasteiger charge is 2.35. The quantitative estimate of drug-likeness (QED) is 0.0659. The van der Waals surface area contributed by atoms with Crippen molar-refractivity contribution in [2.24, 2.45) is 11.3 Å². The van der Waals surface area contributed by atoms with E-state index in [-0.39, 0.29) is 29.2 Å². The Morgan fingerprint density at radius 2 is 1.61 bits per heavy atom. The maximum absolute atomic E-state index is 14.7. The number of nitrogens with one attached hydrogen (secondary N) is 3. The largest absolute Gasteiger partial charge is 0.462 e. The Morgan fingerprint density at radius 3 is 2.30 bits per heavy atom. The molecule has 8 nitrogen and oxygen atoms in total. The molecule has 0 bridgehead atoms. The second-order valence-corrected chi connectivity index (χ2v) is 16.8. The SMILES string of the molecule is CCOC(=O)c1c(NC(=O)C(Sc2cccc(NC(=O)/C(=C/c3ccccc3F)NC(=O)c3ccccc3)c2)c2ccccc2)sc2c1CCC(C(C)(C)C)C2. The van der Waals surface area contributed by atoms with E-state index in [0.717, 1.165) is 35.3 Å². The summed E-state index contributed by atoms with van der Waals surface area (Å²) in [5.74, 6) is -2.06. The van der Waals surface area contributed by atoms with E-state index >= 15 is 0 Å². The monoisotopic (exact) mass is 789 g/mol. The normalized spacial score (nSPS) is 14.6. The fourth-order valence-corrected chi connectivity index (χ4v) is 8.98. The summed E-state index contributed by atoms with van der Waals surface area (Å²) in [6.07, 6.45) is 3.80. The molecule has 1 aliphatic carbocycles. The van der Waals surface area contributed by atoms with E-state index in [1.54, 1.807) is 61.5 Å². The first-order valence-corrected chi connectivity index (χ1v) is 20.2. The zero-order valence-electron chi connectivity index (χ0n) is 31.7. The lowest BCUT2D eigenvalue weighted by Gasteiger charge is -2.33. The van der Waals surface area contributed by atoms with Crippen molar-refractivity contribution >= 4 is 63.6 Å². The van der Waals surface area contributed by atoms with Crippen LogP contribution < -0.4 is 16.0 Å². The van der Waals surface area contributed by atoms with Crippen molar-refractivity contribution < 1.29 is 28.3 Å². The van der Waals surface area contributed by atoms with Gasteiger partial charge in [-0.1, -0.05) is 93.6 Å². The van der Waals surface area contributed by atoms with Gasteiger partial charge in [0.15, 0.2) is 0 Å². The Balaban J connectivity index is 1.26. The van der Waals surface area contributed by atoms with Gasteiger partial charge < -0.3 is 20.7 Å². The number of carbonyl (C=O) groups excluding carboxylic acids is 4. The molecule has 0 radical (unpaired) electrons. The minimum atomic E-state index is -0.736. The number of carbonyl (C=O) groups is 4. The first-order chi connectivity index (χ1) is 26.9. The molecule has 11 heteroatoms. The van der Waals surface area contributed by atoms with Crippen LogP contribution in [0.2, 0.25) is 0 Å². The first-order valence-electron chi connectivity index (χ1n) is 18.5. The minimum Gasteiger partial charge on any atom is -0.462 e. The number of thioether (sulfide) groups is 1. The Labute approximate surface area is 335 Å². The van der Waals surface area contributed by atoms with Crippen molar-refractivity contribution in [3.63, 3.8) is 0 Å². The molecular weight excluding hydrogens is 746 g/mol. The van der Waals surface area contributed by atoms with Gasteiger partial charge in [0.05, 0.1) is 12.2 Å². The van der Waals surface area contributed by atoms with Crippen LogP contribution in [-0.4, -0.2) is 30.3 Å². The predicted molar refractivity (Wildman–Crippen MR) is 222 cm³/mol. The molecule has 0 spiro atoms. The molecule has 0 saturated heterocycles. The zero-order valence-corrected chi connectivity index (χ0v) is 33.3. The van der Waals surface area contributed by atoms with Crippen LogP contribution in [0, 0.1) is 17.2 Å². The molecule has 2 atom stereocenters. The van der Waals surface area contributed by atoms with Crippen LogP contribution in [-0.2, 0) is 27.2 Å². The number of halogens is 1. The maximum Gasteiger partial charge on any atom is 0.341 e. The van der Waals surface area contributed by atoms with E-state index in [1.807, 2.05) is 36.4 Å². The lowest BCUT2D eigenvalue weighted by molar-refractivity contribution is -0.116. The topological polar surface area (TPSA) is 114 Å². The van der Waals surface area contributed by atoms with E-state index in [0.29, 0.717) is 32.6 Å². The lowest BCUT2D eigenvalue weighted by Crippen LogP contribution is -2.30. The van der Waals surface area contributed by atoms with Gasteiger partial charge >= 0.3 is 5.97 Å². The summed E-state index contributed by atoms with van der Waals surface area (Å²) >= 11 is 2.74. The van der Waals surface area contributed by atoms with Gasteiger partial charge in [0.1, 0.15) is 21.8 Å². The highest BCUT2D eigenvalue weighted by molar-refractivity contribution is 8.00. The summed E-state index contributed by atoms with van der Waals surface area (Å²) < 4.78 is 20.2. The molecule has 0 saturated carbocycles. The van der Waals surface area contributed by atoms with Gasteiger partial charge in [-0.25, -0.2) is 9.18 Å². The fraction of sp³-hybridized carbons (Fsp3) is 0.244. The average molecular weight is 790 g/mol. The smallest absolute Gasteiger partial charge is 0.341 e. The van der Waals surface area contributed by atoms with Crippen molar-refractivity contribution in [1.82, 2.24) is 5.32 Å². The first kappa shape index (κ1) is 40.2. The molecule has 1 aromatic heterocycles. The third-order valence-electron chi connectivity index (χ3n) is 9.63. The van der Waals surface area contributed by atoms with Gasteiger partial charge in [-0.2, -0.15) is 0 Å². The molecular formula is C45H44FN3O5S2. The molecule has 0 fully saturated rings. The predicted octanol–water partition coefficient (Wildman–Crippen LogP) is 10.1. The Morgan fingerprint density at radius 1 is 0.911 bits per heavy atom. The lowest BCUT2D eigenvalue weighted by atomic mass is 9.72. The Kier molecular flexibility index (Phi) is 12.9. The molecule has 6 rings (SSSR count). The van der Waals surface area contributed by atoms with Crippen LogP contribution >= 0.6 is 23.1 Å². The summed E-state index contributed by atoms with van der Waals surface area (Å²) in [5, 5.41) is 8.33. The van der Waals surface area contributed by atoms with Gasteiger partial charge in [-0.3, -0.25) is 14.4 Å². The van der Waals surface area contributed by atoms with Crippen LogP contribution in [0.4, 0.5) is 15.1 Å². The highest BCUT2D eigenvalue weighted by atomic mass is 32.2. The van der Waals surface area contributed by atoms with Crippen LogP contribution in [0.3, 0.4) is 0 Å². The zero-order chi connectivity index (χ0) is 39.8. The molecule has 56 heavy (non-hydrogen) atoms. The number of amides is 3. The van der Waals surface area contributed by atoms with Gasteiger partial charge in [-0.05, 0) is 91.1 Å². The number of esters is 1. The molecule has 2 unspecified atom stereocenters. The standard InChI is InChI=1S/C45H44FN3O5S2/c1-5-54-44(53)38-34-24-23-31(45(2,3)4)26-37(34)56-43(38)49-42(52)39(28-15-8-6-9-16-28)55-33-21-14-20-32(27-33)47-41(51)36(25-30-19-12-13-22-35(30)46)48-40(50)29-17-10-7-11-18-29/h6-22,25,27,31,39H,5,23-24,26H2,1-4H3,(H,47,51)(H,48,50)(H,49,52)/b36-25-. The van der Waals surface area contributed by atoms with E-state index in [1.165, 1.54) is 47.4 Å². The van der Waals surface area contributed by atoms with E-state index in [2.05, 4.69) is 36.7 Å². The number of hydrogen-bond acceptors (Lipinski definition) is 7. The Bertz CT molecular complexity index is 2250. The van der Waals surface area contributed by atoms with Gasteiger partial charge in [-0.15, -0.1) is 23.1 Å². The van der Waals surface area contributed by atoms with Crippen molar-refractivity contribution in [2.45, 2.75) is 57.1 Å². The van der Waals surface area contributed by atoms with Crippen molar-refractivity contribution in [3.8, 4) is 0 Å². The number of thiophene rings is 1. The van der Waals surface area contributed by atoms with Crippen molar-refractivity contribution in [3.05, 3.63) is 153 Å². The Hall–Kier alpha value is -5.52. The third-order valence-corrected chi connectivity index (χ3v) is 12.0. The number of ether oxygens (including phenoxy) is 1. The second kappa shape index (κ2) is 18.0. The third kappa shape index (κ3) is 9.82. The molecule has 1 aliphatic rings. The second-order valence-electron chi connectivity index (χ2n) is 14.5. The number of fused-ring (bicyclic) bond motifs is 1. The fourth-order valence-electron chi connectivity index (χ4n) is 6.58. The minimum absolute atomic E-state index is 0.103. The molecule has 3 N–H and O–H groups in total. The molecule has 4 aromatic carbocycles. The maximum atomic E-state index is 14.7. The summed E-state index contributed by atoms with van der Waals surface area (Å²) in [6.45, 7) is 8.69. The molecule has 1 heterocycles. The average Bonchev–Trinajstić information content (AvgIpc) is 3.55. The summed E-state index contributed by atoms with van der Waals surface area (Å²) in [5.41, 5.74) is 2.93. The number of benzene rings is 4. The van der Waals surface area contributed by atoms with E-state index < -0.39 is 28.9 Å². The van der Waals surface area contributed by atoms with Crippen molar-refractivity contribution in [2.75, 3.05) is 17.2 Å². The van der Waals surface area contributed by atoms with Crippen LogP contribution in [0.1, 0.15) is 81.6 Å². The molecule has 288 valence electrons. The summed E-state index contributed by atoms with van der Waals surface area (Å²) in [6, 6.07) is 30.7. The summed E-state index contributed by atoms with van der Waals surface area (Å²) in [4.78, 5) is 56.3. The van der Waals surface area contributed by atoms with E-state index in [9.17, 15) is 23.6 Å². The van der Waals surface area contributed by atoms with Crippen molar-refractivity contribution in [1.29, 1.82) is 0 Å². The van der Waals surface area contributed by atoms with Gasteiger partial charge in [0.25, 0.3) is 11.8 Å². The molecule has 5 aromatic rings. The number of rotatable bonds is 12. The van der Waals surface area contributed by atoms with Gasteiger partial charge in [0, 0.05) is 26.6 Å². The van der Waals surface area contributed by atoms with Crippen LogP contribution in [0.15, 0.2) is 120 Å². The van der Waals surface area contributed by atoms with E-state index in [4.69, 9.17) is 4.74 Å². The van der Waals surface area contributed by atoms with Crippen LogP contribution in [0.5, 0.6) is 0 Å². The molecule has 3 amide bonds.